The second kappa shape index (κ2) is 4.98. The third kappa shape index (κ3) is 2.40. The van der Waals surface area contributed by atoms with Crippen LogP contribution in [0.5, 0.6) is 0 Å². The smallest absolute Gasteiger partial charge is 0.137 e. The summed E-state index contributed by atoms with van der Waals surface area (Å²) >= 11 is 3.16. The van der Waals surface area contributed by atoms with Crippen molar-refractivity contribution in [2.45, 2.75) is 19.5 Å². The third-order valence-electron chi connectivity index (χ3n) is 2.67. The number of nitrogens with zero attached hydrogens (tertiary/aromatic N) is 2. The van der Waals surface area contributed by atoms with Gasteiger partial charge in [0, 0.05) is 12.7 Å². The summed E-state index contributed by atoms with van der Waals surface area (Å²) in [4.78, 5) is 0. The lowest BCUT2D eigenvalue weighted by molar-refractivity contribution is 0.597. The minimum Gasteiger partial charge on any atom is -0.319 e. The van der Waals surface area contributed by atoms with E-state index in [1.807, 2.05) is 17.7 Å². The van der Waals surface area contributed by atoms with Crippen LogP contribution >= 0.6 is 15.9 Å². The van der Waals surface area contributed by atoms with Gasteiger partial charge in [0.1, 0.15) is 5.82 Å². The van der Waals surface area contributed by atoms with Gasteiger partial charge in [-0.2, -0.15) is 5.10 Å². The Morgan fingerprint density at radius 1 is 1.47 bits per heavy atom. The van der Waals surface area contributed by atoms with Gasteiger partial charge in [0.05, 0.1) is 16.2 Å². The summed E-state index contributed by atoms with van der Waals surface area (Å²) < 4.78 is 15.4. The third-order valence-corrected chi connectivity index (χ3v) is 3.28. The number of aromatic nitrogens is 2. The molecule has 0 saturated heterocycles. The number of hydrogen-bond acceptors (Lipinski definition) is 2. The van der Waals surface area contributed by atoms with E-state index < -0.39 is 0 Å². The van der Waals surface area contributed by atoms with E-state index in [0.717, 1.165) is 17.8 Å². The summed E-state index contributed by atoms with van der Waals surface area (Å²) in [5.41, 5.74) is 7.93. The molecule has 0 saturated carbocycles. The fraction of sp³-hybridized carbons (Fsp3) is 0.250. The molecule has 2 rings (SSSR count). The van der Waals surface area contributed by atoms with Gasteiger partial charge in [0.25, 0.3) is 0 Å². The van der Waals surface area contributed by atoms with Crippen LogP contribution in [0.2, 0.25) is 0 Å². The van der Waals surface area contributed by atoms with Crippen molar-refractivity contribution in [2.75, 3.05) is 0 Å². The SMILES string of the molecule is CCn1nccc1C(N)c1ccc(F)c(Br)c1. The first kappa shape index (κ1) is 12.3. The Hall–Kier alpha value is -1.20. The second-order valence-corrected chi connectivity index (χ2v) is 4.58. The average molecular weight is 298 g/mol. The van der Waals surface area contributed by atoms with Crippen molar-refractivity contribution < 1.29 is 4.39 Å². The maximum absolute atomic E-state index is 13.1. The van der Waals surface area contributed by atoms with E-state index >= 15 is 0 Å². The number of hydrogen-bond donors (Lipinski definition) is 1. The van der Waals surface area contributed by atoms with E-state index in [4.69, 9.17) is 5.73 Å². The molecule has 0 bridgehead atoms. The van der Waals surface area contributed by atoms with E-state index in [9.17, 15) is 4.39 Å². The quantitative estimate of drug-likeness (QED) is 0.947. The minimum absolute atomic E-state index is 0.287. The van der Waals surface area contributed by atoms with Crippen LogP contribution < -0.4 is 5.73 Å². The molecule has 0 amide bonds. The van der Waals surface area contributed by atoms with Gasteiger partial charge >= 0.3 is 0 Å². The van der Waals surface area contributed by atoms with Gasteiger partial charge in [-0.25, -0.2) is 4.39 Å². The summed E-state index contributed by atoms with van der Waals surface area (Å²) in [6, 6.07) is 6.39. The molecule has 1 atom stereocenters. The molecular weight excluding hydrogens is 285 g/mol. The first-order chi connectivity index (χ1) is 8.13. The molecule has 17 heavy (non-hydrogen) atoms. The Morgan fingerprint density at radius 2 is 2.24 bits per heavy atom. The molecule has 0 fully saturated rings. The minimum atomic E-state index is -0.297. The molecule has 2 aromatic rings. The molecule has 1 aromatic heterocycles. The van der Waals surface area contributed by atoms with Crippen LogP contribution in [0.25, 0.3) is 0 Å². The van der Waals surface area contributed by atoms with E-state index in [1.165, 1.54) is 6.07 Å². The van der Waals surface area contributed by atoms with E-state index in [-0.39, 0.29) is 11.9 Å². The van der Waals surface area contributed by atoms with Crippen LogP contribution in [0.4, 0.5) is 4.39 Å². The van der Waals surface area contributed by atoms with Crippen molar-refractivity contribution in [3.63, 3.8) is 0 Å². The Kier molecular flexibility index (Phi) is 3.59. The molecule has 1 unspecified atom stereocenters. The molecule has 90 valence electrons. The van der Waals surface area contributed by atoms with E-state index in [1.54, 1.807) is 18.3 Å². The van der Waals surface area contributed by atoms with Crippen LogP contribution in [0.1, 0.15) is 24.2 Å². The summed E-state index contributed by atoms with van der Waals surface area (Å²) in [5.74, 6) is -0.287. The van der Waals surface area contributed by atoms with Crippen molar-refractivity contribution in [3.8, 4) is 0 Å². The molecule has 0 aliphatic rings. The maximum atomic E-state index is 13.1. The van der Waals surface area contributed by atoms with Gasteiger partial charge in [0.15, 0.2) is 0 Å². The van der Waals surface area contributed by atoms with Crippen LogP contribution in [-0.4, -0.2) is 9.78 Å². The van der Waals surface area contributed by atoms with Gasteiger partial charge in [0.2, 0.25) is 0 Å². The molecule has 1 aromatic carbocycles. The Morgan fingerprint density at radius 3 is 2.88 bits per heavy atom. The first-order valence-corrected chi connectivity index (χ1v) is 6.15. The summed E-state index contributed by atoms with van der Waals surface area (Å²) in [6.45, 7) is 2.77. The van der Waals surface area contributed by atoms with Crippen molar-refractivity contribution in [1.82, 2.24) is 9.78 Å². The highest BCUT2D eigenvalue weighted by Gasteiger charge is 2.14. The number of benzene rings is 1. The van der Waals surface area contributed by atoms with Crippen molar-refractivity contribution in [2.24, 2.45) is 5.73 Å². The van der Waals surface area contributed by atoms with Gasteiger partial charge in [-0.1, -0.05) is 6.07 Å². The van der Waals surface area contributed by atoms with E-state index in [2.05, 4.69) is 21.0 Å². The fourth-order valence-corrected chi connectivity index (χ4v) is 2.14. The molecule has 0 aliphatic heterocycles. The molecule has 2 N–H and O–H groups in total. The van der Waals surface area contributed by atoms with Gasteiger partial charge in [-0.05, 0) is 46.6 Å². The van der Waals surface area contributed by atoms with Gasteiger partial charge < -0.3 is 5.73 Å². The highest BCUT2D eigenvalue weighted by molar-refractivity contribution is 9.10. The van der Waals surface area contributed by atoms with Crippen LogP contribution in [0, 0.1) is 5.82 Å². The average Bonchev–Trinajstić information content (AvgIpc) is 2.80. The van der Waals surface area contributed by atoms with Crippen molar-refractivity contribution >= 4 is 15.9 Å². The molecule has 0 radical (unpaired) electrons. The monoisotopic (exact) mass is 297 g/mol. The van der Waals surface area contributed by atoms with Crippen LogP contribution in [-0.2, 0) is 6.54 Å². The largest absolute Gasteiger partial charge is 0.319 e. The number of rotatable bonds is 3. The van der Waals surface area contributed by atoms with Crippen LogP contribution in [0.3, 0.4) is 0 Å². The Bertz CT molecular complexity index is 524. The fourth-order valence-electron chi connectivity index (χ4n) is 1.75. The first-order valence-electron chi connectivity index (χ1n) is 5.35. The van der Waals surface area contributed by atoms with Crippen molar-refractivity contribution in [3.05, 3.63) is 52.0 Å². The highest BCUT2D eigenvalue weighted by Crippen LogP contribution is 2.24. The zero-order valence-corrected chi connectivity index (χ0v) is 11.0. The van der Waals surface area contributed by atoms with Crippen LogP contribution in [0.15, 0.2) is 34.9 Å². The topological polar surface area (TPSA) is 43.8 Å². The van der Waals surface area contributed by atoms with Crippen molar-refractivity contribution in [1.29, 1.82) is 0 Å². The lowest BCUT2D eigenvalue weighted by Crippen LogP contribution is -2.17. The summed E-state index contributed by atoms with van der Waals surface area (Å²) in [6.07, 6.45) is 1.72. The predicted molar refractivity (Wildman–Crippen MR) is 68.0 cm³/mol. The highest BCUT2D eigenvalue weighted by atomic mass is 79.9. The molecule has 5 heteroatoms. The molecular formula is C12H13BrFN3. The summed E-state index contributed by atoms with van der Waals surface area (Å²) in [7, 11) is 0. The molecule has 0 spiro atoms. The lowest BCUT2D eigenvalue weighted by atomic mass is 10.0. The molecule has 1 heterocycles. The van der Waals surface area contributed by atoms with E-state index in [0.29, 0.717) is 4.47 Å². The maximum Gasteiger partial charge on any atom is 0.137 e. The zero-order chi connectivity index (χ0) is 12.4. The zero-order valence-electron chi connectivity index (χ0n) is 9.40. The summed E-state index contributed by atoms with van der Waals surface area (Å²) in [5, 5.41) is 4.17. The van der Waals surface area contributed by atoms with Gasteiger partial charge in [-0.3, -0.25) is 4.68 Å². The predicted octanol–water partition coefficient (Wildman–Crippen LogP) is 2.85. The molecule has 0 aliphatic carbocycles. The number of halogens is 2. The van der Waals surface area contributed by atoms with Gasteiger partial charge in [-0.15, -0.1) is 0 Å². The Balaban J connectivity index is 2.36. The molecule has 3 nitrogen and oxygen atoms in total. The lowest BCUT2D eigenvalue weighted by Gasteiger charge is -2.14. The number of aryl methyl sites for hydroxylation is 1. The normalized spacial score (nSPS) is 12.7. The Labute approximate surface area is 108 Å². The second-order valence-electron chi connectivity index (χ2n) is 3.72. The standard InChI is InChI=1S/C12H13BrFN3/c1-2-17-11(5-6-16-17)12(15)8-3-4-10(14)9(13)7-8/h3-7,12H,2,15H2,1H3. The number of nitrogens with two attached hydrogens (primary N) is 1.